The van der Waals surface area contributed by atoms with Crippen molar-refractivity contribution >= 4 is 11.9 Å². The van der Waals surface area contributed by atoms with Crippen LogP contribution in [0.3, 0.4) is 0 Å². The van der Waals surface area contributed by atoms with Gasteiger partial charge >= 0.3 is 11.9 Å². The summed E-state index contributed by atoms with van der Waals surface area (Å²) in [6, 6.07) is 0. The van der Waals surface area contributed by atoms with E-state index >= 15 is 0 Å². The first-order valence-electron chi connectivity index (χ1n) is 14.2. The number of carbonyl (C=O) groups is 2. The van der Waals surface area contributed by atoms with Crippen LogP contribution in [0.25, 0.3) is 0 Å². The van der Waals surface area contributed by atoms with Crippen LogP contribution in [0.1, 0.15) is 93.4 Å². The monoisotopic (exact) mass is 538 g/mol. The van der Waals surface area contributed by atoms with Gasteiger partial charge in [-0.25, -0.2) is 0 Å². The Kier molecular flexibility index (Phi) is 12.5. The fourth-order valence-corrected chi connectivity index (χ4v) is 5.26. The molecule has 1 fully saturated rings. The van der Waals surface area contributed by atoms with E-state index in [4.69, 9.17) is 14.2 Å². The third-order valence-corrected chi connectivity index (χ3v) is 7.99. The number of rotatable bonds is 10. The molecular formula is C30H50O8. The lowest BCUT2D eigenvalue weighted by atomic mass is 9.88. The summed E-state index contributed by atoms with van der Waals surface area (Å²) < 4.78 is 17.0. The van der Waals surface area contributed by atoms with Crippen molar-refractivity contribution in [3.05, 3.63) is 23.8 Å². The SMILES string of the molecule is CCC(O)C(C)C1OC1CC(C)CC/C=C(\C)C1OC(=O)CC(O)CCC(C)(O)C(OC(C)=O)/C=C\C1C. The quantitative estimate of drug-likeness (QED) is 0.214. The fourth-order valence-electron chi connectivity index (χ4n) is 5.26. The van der Waals surface area contributed by atoms with Gasteiger partial charge in [-0.1, -0.05) is 39.8 Å². The first-order chi connectivity index (χ1) is 17.7. The van der Waals surface area contributed by atoms with Gasteiger partial charge in [0, 0.05) is 18.8 Å². The van der Waals surface area contributed by atoms with Crippen LogP contribution in [0.5, 0.6) is 0 Å². The van der Waals surface area contributed by atoms with Crippen LogP contribution in [0, 0.1) is 17.8 Å². The van der Waals surface area contributed by atoms with Gasteiger partial charge in [0.1, 0.15) is 17.8 Å². The largest absolute Gasteiger partial charge is 0.457 e. The van der Waals surface area contributed by atoms with Crippen LogP contribution in [-0.4, -0.2) is 69.5 Å². The van der Waals surface area contributed by atoms with Gasteiger partial charge in [0.15, 0.2) is 0 Å². The molecule has 38 heavy (non-hydrogen) atoms. The first kappa shape index (κ1) is 32.5. The van der Waals surface area contributed by atoms with Crippen molar-refractivity contribution in [2.24, 2.45) is 17.8 Å². The second-order valence-electron chi connectivity index (χ2n) is 11.8. The molecule has 0 aliphatic carbocycles. The highest BCUT2D eigenvalue weighted by molar-refractivity contribution is 5.70. The molecule has 3 N–H and O–H groups in total. The van der Waals surface area contributed by atoms with E-state index in [-0.39, 0.29) is 49.4 Å². The maximum absolute atomic E-state index is 12.6. The Hall–Kier alpha value is -1.74. The number of allylic oxidation sites excluding steroid dienone is 1. The van der Waals surface area contributed by atoms with Gasteiger partial charge in [-0.3, -0.25) is 9.59 Å². The van der Waals surface area contributed by atoms with E-state index in [1.54, 1.807) is 13.0 Å². The van der Waals surface area contributed by atoms with E-state index < -0.39 is 35.9 Å². The standard InChI is InChI=1S/C30H50O8/c1-8-24(33)21(5)29-25(37-29)16-18(2)10-9-11-19(3)28-20(4)12-13-26(36-22(6)31)30(7,35)15-14-23(32)17-27(34)38-28/h11-13,18,20-21,23-26,28-29,32-33,35H,8-10,14-17H2,1-7H3/b13-12-,19-11+. The van der Waals surface area contributed by atoms with Crippen LogP contribution in [-0.2, 0) is 23.8 Å². The first-order valence-corrected chi connectivity index (χ1v) is 14.2. The maximum atomic E-state index is 12.6. The summed E-state index contributed by atoms with van der Waals surface area (Å²) in [6.45, 7) is 12.9. The number of epoxide rings is 1. The Bertz CT molecular complexity index is 834. The summed E-state index contributed by atoms with van der Waals surface area (Å²) in [4.78, 5) is 24.3. The summed E-state index contributed by atoms with van der Waals surface area (Å²) in [5.41, 5.74) is -0.482. The van der Waals surface area contributed by atoms with Crippen LogP contribution >= 0.6 is 0 Å². The number of hydrogen-bond donors (Lipinski definition) is 3. The molecule has 0 aromatic carbocycles. The van der Waals surface area contributed by atoms with E-state index in [0.29, 0.717) is 5.92 Å². The summed E-state index contributed by atoms with van der Waals surface area (Å²) in [5.74, 6) is -0.649. The minimum absolute atomic E-state index is 0.139. The highest BCUT2D eigenvalue weighted by atomic mass is 16.6. The Balaban J connectivity index is 2.05. The number of cyclic esters (lactones) is 1. The van der Waals surface area contributed by atoms with Crippen molar-refractivity contribution in [3.63, 3.8) is 0 Å². The average molecular weight is 539 g/mol. The molecule has 8 heteroatoms. The third-order valence-electron chi connectivity index (χ3n) is 7.99. The predicted octanol–water partition coefficient (Wildman–Crippen LogP) is 4.25. The minimum Gasteiger partial charge on any atom is -0.457 e. The number of aliphatic hydroxyl groups is 3. The lowest BCUT2D eigenvalue weighted by molar-refractivity contribution is -0.157. The number of esters is 2. The molecule has 0 aromatic heterocycles. The number of hydrogen-bond acceptors (Lipinski definition) is 8. The van der Waals surface area contributed by atoms with Crippen LogP contribution in [0.4, 0.5) is 0 Å². The van der Waals surface area contributed by atoms with Gasteiger partial charge in [0.2, 0.25) is 0 Å². The Labute approximate surface area is 228 Å². The molecule has 0 amide bonds. The van der Waals surface area contributed by atoms with Gasteiger partial charge in [0.05, 0.1) is 30.8 Å². The predicted molar refractivity (Wildman–Crippen MR) is 145 cm³/mol. The zero-order chi connectivity index (χ0) is 28.6. The molecule has 8 nitrogen and oxygen atoms in total. The van der Waals surface area contributed by atoms with E-state index in [9.17, 15) is 24.9 Å². The second kappa shape index (κ2) is 14.6. The Morgan fingerprint density at radius 3 is 2.61 bits per heavy atom. The van der Waals surface area contributed by atoms with Crippen molar-refractivity contribution in [1.29, 1.82) is 0 Å². The topological polar surface area (TPSA) is 126 Å². The molecule has 0 radical (unpaired) electrons. The van der Waals surface area contributed by atoms with Gasteiger partial charge in [-0.2, -0.15) is 0 Å². The van der Waals surface area contributed by atoms with E-state index in [1.807, 2.05) is 33.8 Å². The third kappa shape index (κ3) is 10.1. The summed E-state index contributed by atoms with van der Waals surface area (Å²) in [6.07, 6.45) is 6.79. The van der Waals surface area contributed by atoms with Gasteiger partial charge in [-0.05, 0) is 69.9 Å². The minimum atomic E-state index is -1.39. The summed E-state index contributed by atoms with van der Waals surface area (Å²) in [5, 5.41) is 31.4. The van der Waals surface area contributed by atoms with Crippen molar-refractivity contribution in [3.8, 4) is 0 Å². The number of aliphatic hydroxyl groups excluding tert-OH is 2. The van der Waals surface area contributed by atoms with E-state index in [2.05, 4.69) is 13.0 Å². The number of carbonyl (C=O) groups excluding carboxylic acids is 2. The van der Waals surface area contributed by atoms with Gasteiger partial charge in [0.25, 0.3) is 0 Å². The average Bonchev–Trinajstić information content (AvgIpc) is 3.60. The molecular weight excluding hydrogens is 488 g/mol. The normalized spacial score (nSPS) is 36.2. The number of ether oxygens (including phenoxy) is 3. The highest BCUT2D eigenvalue weighted by Gasteiger charge is 2.45. The molecule has 218 valence electrons. The molecule has 1 saturated heterocycles. The Morgan fingerprint density at radius 1 is 1.29 bits per heavy atom. The van der Waals surface area contributed by atoms with Crippen LogP contribution < -0.4 is 0 Å². The zero-order valence-electron chi connectivity index (χ0n) is 24.3. The molecule has 0 spiro atoms. The van der Waals surface area contributed by atoms with Crippen LogP contribution in [0.2, 0.25) is 0 Å². The molecule has 10 unspecified atom stereocenters. The van der Waals surface area contributed by atoms with Crippen molar-refractivity contribution < 1.29 is 39.1 Å². The molecule has 2 aliphatic rings. The van der Waals surface area contributed by atoms with E-state index in [1.165, 1.54) is 6.92 Å². The van der Waals surface area contributed by atoms with Gasteiger partial charge in [-0.15, -0.1) is 0 Å². The molecule has 2 heterocycles. The van der Waals surface area contributed by atoms with Gasteiger partial charge < -0.3 is 29.5 Å². The summed E-state index contributed by atoms with van der Waals surface area (Å²) in [7, 11) is 0. The van der Waals surface area contributed by atoms with Crippen molar-refractivity contribution in [2.45, 2.75) is 136 Å². The lowest BCUT2D eigenvalue weighted by Crippen LogP contribution is -2.42. The Morgan fingerprint density at radius 2 is 1.97 bits per heavy atom. The lowest BCUT2D eigenvalue weighted by Gasteiger charge is -2.32. The highest BCUT2D eigenvalue weighted by Crippen LogP contribution is 2.37. The molecule has 0 bridgehead atoms. The smallest absolute Gasteiger partial charge is 0.309 e. The molecule has 0 aromatic rings. The molecule has 2 aliphatic heterocycles. The maximum Gasteiger partial charge on any atom is 0.309 e. The molecule has 10 atom stereocenters. The molecule has 2 rings (SSSR count). The molecule has 0 saturated carbocycles. The van der Waals surface area contributed by atoms with E-state index in [0.717, 1.165) is 31.3 Å². The fraction of sp³-hybridized carbons (Fsp3) is 0.800. The zero-order valence-corrected chi connectivity index (χ0v) is 24.3. The summed E-state index contributed by atoms with van der Waals surface area (Å²) >= 11 is 0. The second-order valence-corrected chi connectivity index (χ2v) is 11.8. The van der Waals surface area contributed by atoms with Crippen molar-refractivity contribution in [1.82, 2.24) is 0 Å². The van der Waals surface area contributed by atoms with Crippen LogP contribution in [0.15, 0.2) is 23.8 Å². The van der Waals surface area contributed by atoms with Crippen molar-refractivity contribution in [2.75, 3.05) is 0 Å².